The highest BCUT2D eigenvalue weighted by Gasteiger charge is 2.29. The van der Waals surface area contributed by atoms with E-state index in [1.807, 2.05) is 54.6 Å². The smallest absolute Gasteiger partial charge is 0.325 e. The predicted octanol–water partition coefficient (Wildman–Crippen LogP) is 0.859. The molecule has 10 nitrogen and oxygen atoms in total. The van der Waals surface area contributed by atoms with Crippen molar-refractivity contribution >= 4 is 34.6 Å². The Labute approximate surface area is 208 Å². The van der Waals surface area contributed by atoms with Crippen molar-refractivity contribution < 1.29 is 24.3 Å². The van der Waals surface area contributed by atoms with E-state index in [-0.39, 0.29) is 12.8 Å². The van der Waals surface area contributed by atoms with Crippen LogP contribution in [0.4, 0.5) is 0 Å². The van der Waals surface area contributed by atoms with Crippen LogP contribution in [0, 0.1) is 0 Å². The van der Waals surface area contributed by atoms with E-state index < -0.39 is 47.9 Å². The molecule has 0 aliphatic carbocycles. The molecule has 7 N–H and O–H groups in total. The number of hydrogen-bond acceptors (Lipinski definition) is 5. The van der Waals surface area contributed by atoms with Crippen LogP contribution in [0.2, 0.25) is 0 Å². The van der Waals surface area contributed by atoms with E-state index in [0.29, 0.717) is 0 Å². The van der Waals surface area contributed by atoms with Gasteiger partial charge in [-0.25, -0.2) is 0 Å². The molecule has 0 bridgehead atoms. The van der Waals surface area contributed by atoms with Crippen molar-refractivity contribution in [1.82, 2.24) is 20.9 Å². The van der Waals surface area contributed by atoms with Gasteiger partial charge in [0.25, 0.3) is 0 Å². The van der Waals surface area contributed by atoms with Crippen molar-refractivity contribution in [3.63, 3.8) is 0 Å². The Bertz CT molecular complexity index is 1220. The molecular weight excluding hydrogens is 462 g/mol. The number of nitrogens with one attached hydrogen (secondary N) is 4. The molecule has 1 aromatic heterocycles. The Morgan fingerprint density at radius 1 is 0.833 bits per heavy atom. The molecule has 0 radical (unpaired) electrons. The van der Waals surface area contributed by atoms with Crippen LogP contribution < -0.4 is 21.7 Å². The summed E-state index contributed by atoms with van der Waals surface area (Å²) in [5, 5.41) is 17.9. The molecule has 0 saturated heterocycles. The summed E-state index contributed by atoms with van der Waals surface area (Å²) in [6, 6.07) is 12.5. The number of hydrogen-bond donors (Lipinski definition) is 6. The van der Waals surface area contributed by atoms with Gasteiger partial charge in [0.1, 0.15) is 18.1 Å². The number of amides is 3. The zero-order valence-electron chi connectivity index (χ0n) is 20.2. The fraction of sp³-hybridized carbons (Fsp3) is 0.308. The summed E-state index contributed by atoms with van der Waals surface area (Å²) in [6.07, 6.45) is 2.03. The van der Waals surface area contributed by atoms with Crippen molar-refractivity contribution in [2.24, 2.45) is 5.73 Å². The Balaban J connectivity index is 1.86. The van der Waals surface area contributed by atoms with Gasteiger partial charge in [0.05, 0.1) is 6.04 Å². The first-order chi connectivity index (χ1) is 17.2. The second-order valence-electron chi connectivity index (χ2n) is 8.73. The third-order valence-corrected chi connectivity index (χ3v) is 5.79. The molecule has 3 rings (SSSR count). The van der Waals surface area contributed by atoms with Gasteiger partial charge in [-0.2, -0.15) is 0 Å². The number of aromatic amines is 1. The lowest BCUT2D eigenvalue weighted by Gasteiger charge is -2.24. The highest BCUT2D eigenvalue weighted by atomic mass is 16.4. The molecule has 2 aromatic carbocycles. The van der Waals surface area contributed by atoms with Gasteiger partial charge in [-0.15, -0.1) is 0 Å². The number of nitrogens with two attached hydrogens (primary N) is 1. The number of benzene rings is 2. The number of carbonyl (C=O) groups excluding carboxylic acids is 3. The van der Waals surface area contributed by atoms with Gasteiger partial charge in [-0.1, -0.05) is 48.5 Å². The molecule has 4 unspecified atom stereocenters. The average molecular weight is 494 g/mol. The summed E-state index contributed by atoms with van der Waals surface area (Å²) in [7, 11) is 0. The normalized spacial score (nSPS) is 14.3. The van der Waals surface area contributed by atoms with Crippen LogP contribution in [0.5, 0.6) is 0 Å². The lowest BCUT2D eigenvalue weighted by molar-refractivity contribution is -0.141. The maximum atomic E-state index is 13.4. The minimum atomic E-state index is -1.20. The van der Waals surface area contributed by atoms with Crippen LogP contribution >= 0.6 is 0 Å². The highest BCUT2D eigenvalue weighted by Crippen LogP contribution is 2.19. The lowest BCUT2D eigenvalue weighted by atomic mass is 10.0. The van der Waals surface area contributed by atoms with Crippen LogP contribution in [0.25, 0.3) is 10.9 Å². The molecular formula is C26H31N5O5. The predicted molar refractivity (Wildman–Crippen MR) is 135 cm³/mol. The minimum Gasteiger partial charge on any atom is -0.480 e. The Hall–Kier alpha value is -4.18. The second kappa shape index (κ2) is 12.0. The van der Waals surface area contributed by atoms with E-state index in [9.17, 15) is 24.3 Å². The molecule has 3 aromatic rings. The first kappa shape index (κ1) is 26.4. The van der Waals surface area contributed by atoms with Crippen LogP contribution in [-0.4, -0.2) is 57.9 Å². The Morgan fingerprint density at radius 3 is 2.08 bits per heavy atom. The number of rotatable bonds is 11. The number of carbonyl (C=O) groups is 4. The van der Waals surface area contributed by atoms with Gasteiger partial charge in [0.15, 0.2) is 0 Å². The van der Waals surface area contributed by atoms with E-state index in [0.717, 1.165) is 22.0 Å². The fourth-order valence-electron chi connectivity index (χ4n) is 3.74. The number of aromatic nitrogens is 1. The van der Waals surface area contributed by atoms with Crippen molar-refractivity contribution in [2.45, 2.75) is 50.9 Å². The minimum absolute atomic E-state index is 0.104. The molecule has 10 heteroatoms. The molecule has 4 atom stereocenters. The highest BCUT2D eigenvalue weighted by molar-refractivity contribution is 5.94. The van der Waals surface area contributed by atoms with Gasteiger partial charge in [-0.05, 0) is 31.0 Å². The summed E-state index contributed by atoms with van der Waals surface area (Å²) in [4.78, 5) is 53.2. The molecule has 0 fully saturated rings. The van der Waals surface area contributed by atoms with Crippen LogP contribution in [0.3, 0.4) is 0 Å². The van der Waals surface area contributed by atoms with Gasteiger partial charge in [0, 0.05) is 29.9 Å². The molecule has 0 aliphatic rings. The number of para-hydroxylation sites is 1. The zero-order chi connectivity index (χ0) is 26.2. The maximum Gasteiger partial charge on any atom is 0.325 e. The summed E-state index contributed by atoms with van der Waals surface area (Å²) in [6.45, 7) is 2.85. The first-order valence-corrected chi connectivity index (χ1v) is 11.6. The van der Waals surface area contributed by atoms with Crippen molar-refractivity contribution in [3.8, 4) is 0 Å². The van der Waals surface area contributed by atoms with Crippen molar-refractivity contribution in [1.29, 1.82) is 0 Å². The van der Waals surface area contributed by atoms with E-state index in [1.165, 1.54) is 13.8 Å². The molecule has 190 valence electrons. The largest absolute Gasteiger partial charge is 0.480 e. The zero-order valence-corrected chi connectivity index (χ0v) is 20.2. The van der Waals surface area contributed by atoms with E-state index in [4.69, 9.17) is 5.73 Å². The molecule has 0 spiro atoms. The number of fused-ring (bicyclic) bond motifs is 1. The van der Waals surface area contributed by atoms with Gasteiger partial charge in [-0.3, -0.25) is 19.2 Å². The van der Waals surface area contributed by atoms with Gasteiger partial charge < -0.3 is 31.8 Å². The summed E-state index contributed by atoms with van der Waals surface area (Å²) in [5.41, 5.74) is 8.13. The molecule has 36 heavy (non-hydrogen) atoms. The van der Waals surface area contributed by atoms with E-state index in [1.54, 1.807) is 6.20 Å². The molecule has 1 heterocycles. The topological polar surface area (TPSA) is 166 Å². The Kier molecular flexibility index (Phi) is 8.80. The number of H-pyrrole nitrogens is 1. The second-order valence-corrected chi connectivity index (χ2v) is 8.73. The number of carboxylic acid groups (broad SMARTS) is 1. The van der Waals surface area contributed by atoms with Crippen LogP contribution in [0.1, 0.15) is 25.0 Å². The Morgan fingerprint density at radius 2 is 1.42 bits per heavy atom. The number of aliphatic carboxylic acids is 1. The summed E-state index contributed by atoms with van der Waals surface area (Å²) < 4.78 is 0. The fourth-order valence-corrected chi connectivity index (χ4v) is 3.74. The molecule has 0 aliphatic heterocycles. The quantitative estimate of drug-likeness (QED) is 0.232. The first-order valence-electron chi connectivity index (χ1n) is 11.6. The maximum absolute atomic E-state index is 13.4. The van der Waals surface area contributed by atoms with Crippen molar-refractivity contribution in [3.05, 3.63) is 71.9 Å². The van der Waals surface area contributed by atoms with Crippen LogP contribution in [0.15, 0.2) is 60.8 Å². The molecule has 3 amide bonds. The average Bonchev–Trinajstić information content (AvgIpc) is 3.26. The van der Waals surface area contributed by atoms with E-state index in [2.05, 4.69) is 20.9 Å². The third kappa shape index (κ3) is 6.92. The van der Waals surface area contributed by atoms with Crippen LogP contribution in [-0.2, 0) is 32.0 Å². The summed E-state index contributed by atoms with van der Waals surface area (Å²) >= 11 is 0. The monoisotopic (exact) mass is 493 g/mol. The van der Waals surface area contributed by atoms with Gasteiger partial charge in [0.2, 0.25) is 17.7 Å². The number of carboxylic acids is 1. The molecule has 0 saturated carbocycles. The third-order valence-electron chi connectivity index (χ3n) is 5.79. The van der Waals surface area contributed by atoms with Crippen molar-refractivity contribution in [2.75, 3.05) is 0 Å². The summed E-state index contributed by atoms with van der Waals surface area (Å²) in [5.74, 6) is -2.95. The lowest BCUT2D eigenvalue weighted by Crippen LogP contribution is -2.57. The van der Waals surface area contributed by atoms with E-state index >= 15 is 0 Å². The van der Waals surface area contributed by atoms with Gasteiger partial charge >= 0.3 is 5.97 Å². The standard InChI is InChI=1S/C26H31N5O5/c1-15(27)23(32)30-21(12-17-8-4-3-5-9-17)25(34)31-22(24(33)29-16(2)26(35)36)13-18-14-28-20-11-7-6-10-19(18)20/h3-11,14-16,21-22,28H,12-13,27H2,1-2H3,(H,29,33)(H,30,32)(H,31,34)(H,35,36). The SMILES string of the molecule is CC(N)C(=O)NC(Cc1ccccc1)C(=O)NC(Cc1c[nH]c2ccccc12)C(=O)NC(C)C(=O)O.